The highest BCUT2D eigenvalue weighted by Crippen LogP contribution is 2.10. The van der Waals surface area contributed by atoms with Gasteiger partial charge >= 0.3 is 0 Å². The Labute approximate surface area is 97.4 Å². The van der Waals surface area contributed by atoms with Gasteiger partial charge in [0.05, 0.1) is 5.75 Å². The molecule has 1 unspecified atom stereocenters. The van der Waals surface area contributed by atoms with Gasteiger partial charge in [-0.2, -0.15) is 8.42 Å². The lowest BCUT2D eigenvalue weighted by Gasteiger charge is -2.18. The summed E-state index contributed by atoms with van der Waals surface area (Å²) in [5.74, 6) is 0.126. The number of hydrogen-bond acceptors (Lipinski definition) is 4. The molecule has 0 rings (SSSR count). The minimum Gasteiger partial charge on any atom is -0.316 e. The molecule has 0 radical (unpaired) electrons. The van der Waals surface area contributed by atoms with E-state index in [9.17, 15) is 13.2 Å². The second-order valence-corrected chi connectivity index (χ2v) is 5.88. The van der Waals surface area contributed by atoms with Crippen molar-refractivity contribution in [3.63, 3.8) is 0 Å². The van der Waals surface area contributed by atoms with Gasteiger partial charge < -0.3 is 5.32 Å². The summed E-state index contributed by atoms with van der Waals surface area (Å²) in [7, 11) is -3.86. The van der Waals surface area contributed by atoms with Gasteiger partial charge in [0, 0.05) is 12.5 Å². The van der Waals surface area contributed by atoms with E-state index >= 15 is 0 Å². The molecule has 5 nitrogen and oxygen atoms in total. The molecule has 0 aliphatic heterocycles. The van der Waals surface area contributed by atoms with Crippen molar-refractivity contribution in [1.82, 2.24) is 5.32 Å². The number of hydrogen-bond donors (Lipinski definition) is 2. The number of ketones is 1. The number of Topliss-reactive ketones (excluding diaryl/α,β-unsaturated/α-hetero) is 1. The zero-order valence-electron chi connectivity index (χ0n) is 10.1. The second kappa shape index (κ2) is 6.98. The topological polar surface area (TPSA) is 83.5 Å². The van der Waals surface area contributed by atoms with Crippen molar-refractivity contribution in [3.05, 3.63) is 0 Å². The quantitative estimate of drug-likeness (QED) is 0.490. The Bertz CT molecular complexity index is 311. The van der Waals surface area contributed by atoms with Gasteiger partial charge in [-0.3, -0.25) is 9.35 Å². The molecule has 0 spiro atoms. The van der Waals surface area contributed by atoms with Crippen LogP contribution in [0.1, 0.15) is 27.2 Å². The highest BCUT2D eigenvalue weighted by Gasteiger charge is 2.17. The van der Waals surface area contributed by atoms with E-state index in [0.29, 0.717) is 19.5 Å². The zero-order chi connectivity index (χ0) is 12.8. The van der Waals surface area contributed by atoms with Gasteiger partial charge in [0.1, 0.15) is 5.78 Å². The molecule has 0 saturated heterocycles. The minimum absolute atomic E-state index is 0.0364. The summed E-state index contributed by atoms with van der Waals surface area (Å²) in [6.45, 7) is 6.55. The minimum atomic E-state index is -3.86. The van der Waals surface area contributed by atoms with E-state index in [1.54, 1.807) is 6.92 Å². The molecule has 2 N–H and O–H groups in total. The van der Waals surface area contributed by atoms with E-state index in [1.165, 1.54) is 0 Å². The van der Waals surface area contributed by atoms with Crippen LogP contribution >= 0.6 is 0 Å². The van der Waals surface area contributed by atoms with Crippen LogP contribution < -0.4 is 5.32 Å². The van der Waals surface area contributed by atoms with E-state index < -0.39 is 10.1 Å². The maximum atomic E-state index is 11.2. The molecular weight excluding hydrogens is 230 g/mol. The molecular formula is C10H21NO4S. The van der Waals surface area contributed by atoms with Crippen molar-refractivity contribution < 1.29 is 17.8 Å². The molecule has 1 atom stereocenters. The van der Waals surface area contributed by atoms with Crippen LogP contribution in [0.15, 0.2) is 0 Å². The third-order valence-corrected chi connectivity index (χ3v) is 3.25. The summed E-state index contributed by atoms with van der Waals surface area (Å²) in [5.41, 5.74) is 0. The van der Waals surface area contributed by atoms with Crippen LogP contribution in [0.4, 0.5) is 0 Å². The average molecular weight is 251 g/mol. The van der Waals surface area contributed by atoms with Crippen LogP contribution in [0.25, 0.3) is 0 Å². The molecule has 0 amide bonds. The van der Waals surface area contributed by atoms with Crippen LogP contribution in [-0.4, -0.2) is 37.6 Å². The number of carbonyl (C=O) groups is 1. The highest BCUT2D eigenvalue weighted by atomic mass is 32.2. The fourth-order valence-electron chi connectivity index (χ4n) is 1.49. The summed E-state index contributed by atoms with van der Waals surface area (Å²) in [5, 5.41) is 3.02. The lowest BCUT2D eigenvalue weighted by Crippen LogP contribution is -2.32. The van der Waals surface area contributed by atoms with E-state index in [1.807, 2.05) is 13.8 Å². The van der Waals surface area contributed by atoms with Crippen LogP contribution in [0.2, 0.25) is 0 Å². The Morgan fingerprint density at radius 1 is 1.38 bits per heavy atom. The maximum Gasteiger partial charge on any atom is 0.264 e. The smallest absolute Gasteiger partial charge is 0.264 e. The molecule has 0 fully saturated rings. The van der Waals surface area contributed by atoms with E-state index in [4.69, 9.17) is 4.55 Å². The standard InChI is InChI=1S/C10H21NO4S/c1-8(2)10(9(3)12)7-11-5-4-6-16(13,14)15/h8,10-11H,4-7H2,1-3H3,(H,13,14,15). The normalized spacial score (nSPS) is 14.1. The first-order chi connectivity index (χ1) is 7.24. The second-order valence-electron chi connectivity index (χ2n) is 4.30. The fraction of sp³-hybridized carbons (Fsp3) is 0.900. The first kappa shape index (κ1) is 15.5. The molecule has 96 valence electrons. The van der Waals surface area contributed by atoms with Crippen LogP contribution in [0.3, 0.4) is 0 Å². The van der Waals surface area contributed by atoms with Crippen molar-refractivity contribution in [2.45, 2.75) is 27.2 Å². The molecule has 0 aliphatic rings. The van der Waals surface area contributed by atoms with Gasteiger partial charge in [-0.1, -0.05) is 13.8 Å². The Morgan fingerprint density at radius 3 is 2.31 bits per heavy atom. The number of carbonyl (C=O) groups excluding carboxylic acids is 1. The SMILES string of the molecule is CC(=O)C(CNCCCS(=O)(=O)O)C(C)C. The van der Waals surface area contributed by atoms with Gasteiger partial charge in [0.25, 0.3) is 10.1 Å². The Hall–Kier alpha value is -0.460. The maximum absolute atomic E-state index is 11.2. The summed E-state index contributed by atoms with van der Waals surface area (Å²) in [6.07, 6.45) is 0.349. The lowest BCUT2D eigenvalue weighted by molar-refractivity contribution is -0.121. The summed E-state index contributed by atoms with van der Waals surface area (Å²) < 4.78 is 29.3. The van der Waals surface area contributed by atoms with Crippen LogP contribution in [0.5, 0.6) is 0 Å². The van der Waals surface area contributed by atoms with Crippen molar-refractivity contribution >= 4 is 15.9 Å². The third kappa shape index (κ3) is 7.78. The number of nitrogens with one attached hydrogen (secondary N) is 1. The Balaban J connectivity index is 3.76. The molecule has 0 aromatic heterocycles. The fourth-order valence-corrected chi connectivity index (χ4v) is 2.00. The predicted molar refractivity (Wildman–Crippen MR) is 62.9 cm³/mol. The van der Waals surface area contributed by atoms with E-state index in [2.05, 4.69) is 5.32 Å². The van der Waals surface area contributed by atoms with Gasteiger partial charge in [0.2, 0.25) is 0 Å². The molecule has 0 heterocycles. The van der Waals surface area contributed by atoms with E-state index in [0.717, 1.165) is 0 Å². The predicted octanol–water partition coefficient (Wildman–Crippen LogP) is 0.715. The molecule has 0 aromatic rings. The van der Waals surface area contributed by atoms with Gasteiger partial charge in [-0.15, -0.1) is 0 Å². The molecule has 0 bridgehead atoms. The van der Waals surface area contributed by atoms with Crippen molar-refractivity contribution in [3.8, 4) is 0 Å². The average Bonchev–Trinajstić information content (AvgIpc) is 2.07. The van der Waals surface area contributed by atoms with Gasteiger partial charge in [-0.25, -0.2) is 0 Å². The van der Waals surface area contributed by atoms with Crippen LogP contribution in [0, 0.1) is 11.8 Å². The number of rotatable bonds is 8. The first-order valence-electron chi connectivity index (χ1n) is 5.40. The molecule has 16 heavy (non-hydrogen) atoms. The summed E-state index contributed by atoms with van der Waals surface area (Å²) in [4.78, 5) is 11.2. The largest absolute Gasteiger partial charge is 0.316 e. The van der Waals surface area contributed by atoms with Crippen molar-refractivity contribution in [2.24, 2.45) is 11.8 Å². The van der Waals surface area contributed by atoms with Gasteiger partial charge in [-0.05, 0) is 25.8 Å². The zero-order valence-corrected chi connectivity index (χ0v) is 10.9. The molecule has 0 aliphatic carbocycles. The highest BCUT2D eigenvalue weighted by molar-refractivity contribution is 7.85. The first-order valence-corrected chi connectivity index (χ1v) is 7.01. The van der Waals surface area contributed by atoms with Crippen molar-refractivity contribution in [2.75, 3.05) is 18.8 Å². The summed E-state index contributed by atoms with van der Waals surface area (Å²) >= 11 is 0. The lowest BCUT2D eigenvalue weighted by atomic mass is 9.92. The summed E-state index contributed by atoms with van der Waals surface area (Å²) in [6, 6.07) is 0. The monoisotopic (exact) mass is 251 g/mol. The van der Waals surface area contributed by atoms with Gasteiger partial charge in [0.15, 0.2) is 0 Å². The molecule has 0 aromatic carbocycles. The molecule has 0 saturated carbocycles. The van der Waals surface area contributed by atoms with Crippen molar-refractivity contribution in [1.29, 1.82) is 0 Å². The third-order valence-electron chi connectivity index (χ3n) is 2.45. The molecule has 6 heteroatoms. The Morgan fingerprint density at radius 2 is 1.94 bits per heavy atom. The van der Waals surface area contributed by atoms with E-state index in [-0.39, 0.29) is 23.4 Å². The Kier molecular flexibility index (Phi) is 6.78. The van der Waals surface area contributed by atoms with Crippen LogP contribution in [-0.2, 0) is 14.9 Å².